The third-order valence-corrected chi connectivity index (χ3v) is 1.91. The van der Waals surface area contributed by atoms with Crippen molar-refractivity contribution >= 4 is 0 Å². The summed E-state index contributed by atoms with van der Waals surface area (Å²) in [5.41, 5.74) is 1.64. The lowest BCUT2D eigenvalue weighted by molar-refractivity contribution is 0.458. The van der Waals surface area contributed by atoms with Crippen LogP contribution in [0.5, 0.6) is 0 Å². The molecule has 0 aliphatic heterocycles. The van der Waals surface area contributed by atoms with E-state index in [2.05, 4.69) is 19.2 Å². The smallest absolute Gasteiger partial charge is 0.0831 e. The van der Waals surface area contributed by atoms with Gasteiger partial charge in [-0.3, -0.25) is 0 Å². The molecule has 0 saturated heterocycles. The van der Waals surface area contributed by atoms with Crippen molar-refractivity contribution in [3.63, 3.8) is 0 Å². The molecule has 0 N–H and O–H groups in total. The zero-order valence-electron chi connectivity index (χ0n) is 5.57. The molecule has 0 aromatic heterocycles. The minimum Gasteiger partial charge on any atom is -0.197 e. The molecule has 1 nitrogen and oxygen atoms in total. The van der Waals surface area contributed by atoms with Crippen LogP contribution < -0.4 is 0 Å². The number of hydrogen-bond acceptors (Lipinski definition) is 1. The summed E-state index contributed by atoms with van der Waals surface area (Å²) in [5, 5.41) is 8.58. The van der Waals surface area contributed by atoms with Crippen LogP contribution in [-0.2, 0) is 0 Å². The first-order chi connectivity index (χ1) is 4.10. The van der Waals surface area contributed by atoms with Gasteiger partial charge in [-0.25, -0.2) is 0 Å². The highest BCUT2D eigenvalue weighted by Gasteiger charge is 2.39. The SMILES string of the molecule is C=C1CC(C)(C#N)C1=C. The van der Waals surface area contributed by atoms with Crippen LogP contribution in [0.1, 0.15) is 13.3 Å². The minimum atomic E-state index is -0.295. The van der Waals surface area contributed by atoms with E-state index >= 15 is 0 Å². The van der Waals surface area contributed by atoms with E-state index in [0.717, 1.165) is 17.6 Å². The molecule has 0 aromatic carbocycles. The molecule has 1 heteroatoms. The average molecular weight is 119 g/mol. The van der Waals surface area contributed by atoms with Crippen molar-refractivity contribution in [3.05, 3.63) is 24.3 Å². The molecule has 1 saturated carbocycles. The quantitative estimate of drug-likeness (QED) is 0.478. The van der Waals surface area contributed by atoms with Crippen LogP contribution in [0.2, 0.25) is 0 Å². The Morgan fingerprint density at radius 2 is 2.22 bits per heavy atom. The summed E-state index contributed by atoms with van der Waals surface area (Å²) in [7, 11) is 0. The standard InChI is InChI=1S/C8H9N/c1-6-4-8(3,5-9)7(6)2/h1-2,4H2,3H3. The second-order valence-corrected chi connectivity index (χ2v) is 2.70. The van der Waals surface area contributed by atoms with Gasteiger partial charge in [0.05, 0.1) is 11.5 Å². The number of rotatable bonds is 0. The summed E-state index contributed by atoms with van der Waals surface area (Å²) in [4.78, 5) is 0. The third kappa shape index (κ3) is 0.598. The first-order valence-corrected chi connectivity index (χ1v) is 2.89. The Kier molecular flexibility index (Phi) is 1.00. The first-order valence-electron chi connectivity index (χ1n) is 2.89. The lowest BCUT2D eigenvalue weighted by Crippen LogP contribution is -2.28. The molecule has 1 rings (SSSR count). The van der Waals surface area contributed by atoms with E-state index in [1.165, 1.54) is 0 Å². The third-order valence-electron chi connectivity index (χ3n) is 1.91. The fourth-order valence-corrected chi connectivity index (χ4v) is 1.03. The van der Waals surface area contributed by atoms with Gasteiger partial charge in [-0.15, -0.1) is 0 Å². The molecule has 0 amide bonds. The van der Waals surface area contributed by atoms with Crippen molar-refractivity contribution in [2.75, 3.05) is 0 Å². The average Bonchev–Trinajstić information content (AvgIpc) is 1.87. The molecule has 1 aliphatic rings. The molecule has 0 heterocycles. The van der Waals surface area contributed by atoms with E-state index in [1.807, 2.05) is 6.92 Å². The molecular formula is C8H9N. The highest BCUT2D eigenvalue weighted by atomic mass is 14.4. The second kappa shape index (κ2) is 1.48. The molecule has 46 valence electrons. The fourth-order valence-electron chi connectivity index (χ4n) is 1.03. The van der Waals surface area contributed by atoms with E-state index < -0.39 is 0 Å². The maximum atomic E-state index is 8.58. The Hall–Kier alpha value is -1.03. The van der Waals surface area contributed by atoms with Crippen LogP contribution in [0, 0.1) is 16.7 Å². The number of nitrogens with zero attached hydrogens (tertiary/aromatic N) is 1. The molecule has 1 unspecified atom stereocenters. The summed E-state index contributed by atoms with van der Waals surface area (Å²) in [6, 6.07) is 2.20. The number of nitriles is 1. The Morgan fingerprint density at radius 1 is 1.67 bits per heavy atom. The predicted molar refractivity (Wildman–Crippen MR) is 36.6 cm³/mol. The van der Waals surface area contributed by atoms with Crippen LogP contribution in [0.15, 0.2) is 24.3 Å². The summed E-state index contributed by atoms with van der Waals surface area (Å²) < 4.78 is 0. The van der Waals surface area contributed by atoms with Gasteiger partial charge in [0.15, 0.2) is 0 Å². The predicted octanol–water partition coefficient (Wildman–Crippen LogP) is 2.03. The lowest BCUT2D eigenvalue weighted by atomic mass is 9.65. The highest BCUT2D eigenvalue weighted by molar-refractivity contribution is 5.47. The van der Waals surface area contributed by atoms with E-state index in [0.29, 0.717) is 0 Å². The maximum absolute atomic E-state index is 8.58. The van der Waals surface area contributed by atoms with Crippen LogP contribution in [0.25, 0.3) is 0 Å². The minimum absolute atomic E-state index is 0.295. The molecule has 0 radical (unpaired) electrons. The summed E-state index contributed by atoms with van der Waals surface area (Å²) in [6.07, 6.45) is 0.794. The van der Waals surface area contributed by atoms with Crippen molar-refractivity contribution < 1.29 is 0 Å². The molecule has 0 aromatic rings. The van der Waals surface area contributed by atoms with E-state index in [1.54, 1.807) is 0 Å². The Bertz CT molecular complexity index is 219. The van der Waals surface area contributed by atoms with Gasteiger partial charge in [-0.05, 0) is 24.5 Å². The van der Waals surface area contributed by atoms with Gasteiger partial charge in [0.25, 0.3) is 0 Å². The van der Waals surface area contributed by atoms with Crippen LogP contribution in [-0.4, -0.2) is 0 Å². The van der Waals surface area contributed by atoms with Gasteiger partial charge in [0, 0.05) is 0 Å². The normalized spacial score (nSPS) is 33.3. The van der Waals surface area contributed by atoms with E-state index in [9.17, 15) is 0 Å². The topological polar surface area (TPSA) is 23.8 Å². The van der Waals surface area contributed by atoms with Gasteiger partial charge in [0.2, 0.25) is 0 Å². The largest absolute Gasteiger partial charge is 0.197 e. The van der Waals surface area contributed by atoms with Crippen molar-refractivity contribution in [2.45, 2.75) is 13.3 Å². The zero-order valence-corrected chi connectivity index (χ0v) is 5.57. The van der Waals surface area contributed by atoms with E-state index in [4.69, 9.17) is 5.26 Å². The van der Waals surface area contributed by atoms with Crippen LogP contribution in [0.4, 0.5) is 0 Å². The lowest BCUT2D eigenvalue weighted by Gasteiger charge is -2.36. The molecule has 0 bridgehead atoms. The molecule has 0 spiro atoms. The van der Waals surface area contributed by atoms with Gasteiger partial charge in [-0.2, -0.15) is 5.26 Å². The molecule has 9 heavy (non-hydrogen) atoms. The van der Waals surface area contributed by atoms with Crippen molar-refractivity contribution in [1.82, 2.24) is 0 Å². The Labute approximate surface area is 55.3 Å². The number of allylic oxidation sites excluding steroid dienone is 2. The molecule has 1 aliphatic carbocycles. The van der Waals surface area contributed by atoms with Gasteiger partial charge in [-0.1, -0.05) is 13.2 Å². The highest BCUT2D eigenvalue weighted by Crippen LogP contribution is 2.47. The van der Waals surface area contributed by atoms with E-state index in [-0.39, 0.29) is 5.41 Å². The van der Waals surface area contributed by atoms with Gasteiger partial charge >= 0.3 is 0 Å². The Balaban J connectivity index is 2.85. The molecule has 1 fully saturated rings. The van der Waals surface area contributed by atoms with Crippen LogP contribution in [0.3, 0.4) is 0 Å². The van der Waals surface area contributed by atoms with Crippen molar-refractivity contribution in [3.8, 4) is 6.07 Å². The summed E-state index contributed by atoms with van der Waals surface area (Å²) in [6.45, 7) is 9.37. The Morgan fingerprint density at radius 3 is 2.33 bits per heavy atom. The second-order valence-electron chi connectivity index (χ2n) is 2.70. The number of hydrogen-bond donors (Lipinski definition) is 0. The first kappa shape index (κ1) is 6.10. The van der Waals surface area contributed by atoms with Gasteiger partial charge < -0.3 is 0 Å². The van der Waals surface area contributed by atoms with Crippen molar-refractivity contribution in [1.29, 1.82) is 5.26 Å². The van der Waals surface area contributed by atoms with Gasteiger partial charge in [0.1, 0.15) is 0 Å². The fraction of sp³-hybridized carbons (Fsp3) is 0.375. The summed E-state index contributed by atoms with van der Waals surface area (Å²) in [5.74, 6) is 0. The van der Waals surface area contributed by atoms with Crippen LogP contribution >= 0.6 is 0 Å². The monoisotopic (exact) mass is 119 g/mol. The molecular weight excluding hydrogens is 110 g/mol. The van der Waals surface area contributed by atoms with Crippen molar-refractivity contribution in [2.24, 2.45) is 5.41 Å². The maximum Gasteiger partial charge on any atom is 0.0831 e. The summed E-state index contributed by atoms with van der Waals surface area (Å²) >= 11 is 0. The molecule has 1 atom stereocenters. The zero-order chi connectivity index (χ0) is 7.07.